The van der Waals surface area contributed by atoms with Crippen molar-refractivity contribution in [3.05, 3.63) is 63.6 Å². The number of hydrogen-bond acceptors (Lipinski definition) is 2. The number of methoxy groups -OCH3 is 1. The second-order valence-electron chi connectivity index (χ2n) is 4.12. The average molecular weight is 296 g/mol. The van der Waals surface area contributed by atoms with E-state index in [1.54, 1.807) is 7.11 Å². The van der Waals surface area contributed by atoms with Crippen molar-refractivity contribution in [1.29, 1.82) is 0 Å². The molecule has 0 aliphatic heterocycles. The van der Waals surface area contributed by atoms with Crippen LogP contribution in [0.3, 0.4) is 0 Å². The fourth-order valence-corrected chi connectivity index (χ4v) is 2.40. The minimum absolute atomic E-state index is 0.622. The van der Waals surface area contributed by atoms with Crippen molar-refractivity contribution in [2.75, 3.05) is 7.11 Å². The van der Waals surface area contributed by atoms with Crippen molar-refractivity contribution in [3.8, 4) is 5.75 Å². The van der Waals surface area contributed by atoms with Gasteiger partial charge in [0, 0.05) is 34.3 Å². The van der Waals surface area contributed by atoms with Crippen molar-refractivity contribution in [3.63, 3.8) is 0 Å². The van der Waals surface area contributed by atoms with Gasteiger partial charge in [-0.25, -0.2) is 0 Å². The summed E-state index contributed by atoms with van der Waals surface area (Å²) in [6, 6.07) is 13.4. The van der Waals surface area contributed by atoms with Crippen molar-refractivity contribution in [2.24, 2.45) is 0 Å². The van der Waals surface area contributed by atoms with E-state index in [0.29, 0.717) is 23.1 Å². The van der Waals surface area contributed by atoms with Crippen LogP contribution < -0.4 is 10.1 Å². The van der Waals surface area contributed by atoms with Gasteiger partial charge in [-0.2, -0.15) is 0 Å². The minimum atomic E-state index is 0.622. The first-order valence-corrected chi connectivity index (χ1v) is 6.73. The highest BCUT2D eigenvalue weighted by atomic mass is 35.5. The van der Waals surface area contributed by atoms with Crippen LogP contribution in [0.5, 0.6) is 5.75 Å². The number of ether oxygens (including phenoxy) is 1. The molecule has 0 radical (unpaired) electrons. The van der Waals surface area contributed by atoms with Gasteiger partial charge in [0.25, 0.3) is 0 Å². The Morgan fingerprint density at radius 2 is 1.63 bits per heavy atom. The van der Waals surface area contributed by atoms with Crippen LogP contribution in [0.2, 0.25) is 10.0 Å². The predicted octanol–water partition coefficient (Wildman–Crippen LogP) is 4.29. The second-order valence-corrected chi connectivity index (χ2v) is 4.93. The van der Waals surface area contributed by atoms with Crippen LogP contribution in [0.15, 0.2) is 42.5 Å². The molecule has 2 nitrogen and oxygen atoms in total. The first-order chi connectivity index (χ1) is 9.22. The van der Waals surface area contributed by atoms with Crippen LogP contribution in [0.25, 0.3) is 0 Å². The van der Waals surface area contributed by atoms with E-state index >= 15 is 0 Å². The highest BCUT2D eigenvalue weighted by Gasteiger charge is 2.06. The Labute approximate surface area is 123 Å². The Bertz CT molecular complexity index is 537. The molecule has 2 aromatic carbocycles. The maximum absolute atomic E-state index is 6.12. The predicted molar refractivity (Wildman–Crippen MR) is 80.0 cm³/mol. The quantitative estimate of drug-likeness (QED) is 0.888. The van der Waals surface area contributed by atoms with Gasteiger partial charge in [-0.15, -0.1) is 0 Å². The molecular weight excluding hydrogens is 281 g/mol. The normalized spacial score (nSPS) is 10.5. The molecule has 0 aliphatic rings. The third-order valence-electron chi connectivity index (χ3n) is 2.87. The molecule has 2 rings (SSSR count). The zero-order valence-electron chi connectivity index (χ0n) is 10.6. The second kappa shape index (κ2) is 6.80. The summed E-state index contributed by atoms with van der Waals surface area (Å²) in [6.07, 6.45) is 0. The SMILES string of the molecule is COc1ccccc1CNCc1c(Cl)cccc1Cl. The van der Waals surface area contributed by atoms with Crippen LogP contribution in [-0.2, 0) is 13.1 Å². The minimum Gasteiger partial charge on any atom is -0.496 e. The lowest BCUT2D eigenvalue weighted by Gasteiger charge is -2.11. The lowest BCUT2D eigenvalue weighted by Crippen LogP contribution is -2.14. The fraction of sp³-hybridized carbons (Fsp3) is 0.200. The van der Waals surface area contributed by atoms with Crippen molar-refractivity contribution >= 4 is 23.2 Å². The average Bonchev–Trinajstić information content (AvgIpc) is 2.42. The molecule has 0 saturated carbocycles. The molecule has 0 atom stereocenters. The number of nitrogens with one attached hydrogen (secondary N) is 1. The largest absolute Gasteiger partial charge is 0.496 e. The molecule has 0 unspecified atom stereocenters. The van der Waals surface area contributed by atoms with E-state index in [2.05, 4.69) is 5.32 Å². The molecule has 19 heavy (non-hydrogen) atoms. The van der Waals surface area contributed by atoms with Gasteiger partial charge in [0.05, 0.1) is 7.11 Å². The first-order valence-electron chi connectivity index (χ1n) is 5.98. The van der Waals surface area contributed by atoms with E-state index in [9.17, 15) is 0 Å². The molecule has 0 fully saturated rings. The number of para-hydroxylation sites is 1. The van der Waals surface area contributed by atoms with Gasteiger partial charge in [0.15, 0.2) is 0 Å². The van der Waals surface area contributed by atoms with Gasteiger partial charge in [-0.1, -0.05) is 47.5 Å². The lowest BCUT2D eigenvalue weighted by molar-refractivity contribution is 0.407. The van der Waals surface area contributed by atoms with Gasteiger partial charge >= 0.3 is 0 Å². The molecule has 0 bridgehead atoms. The summed E-state index contributed by atoms with van der Waals surface area (Å²) < 4.78 is 5.30. The van der Waals surface area contributed by atoms with E-state index in [-0.39, 0.29) is 0 Å². The van der Waals surface area contributed by atoms with Gasteiger partial charge in [-0.05, 0) is 18.2 Å². The van der Waals surface area contributed by atoms with Crippen molar-refractivity contribution in [1.82, 2.24) is 5.32 Å². The fourth-order valence-electron chi connectivity index (χ4n) is 1.87. The summed E-state index contributed by atoms with van der Waals surface area (Å²) in [5.74, 6) is 0.875. The molecule has 0 aromatic heterocycles. The summed E-state index contributed by atoms with van der Waals surface area (Å²) in [7, 11) is 1.67. The molecule has 0 saturated heterocycles. The standard InChI is InChI=1S/C15H15Cl2NO/c1-19-15-8-3-2-5-11(15)9-18-10-12-13(16)6-4-7-14(12)17/h2-8,18H,9-10H2,1H3. The number of rotatable bonds is 5. The molecule has 0 amide bonds. The van der Waals surface area contributed by atoms with Gasteiger partial charge < -0.3 is 10.1 Å². The first kappa shape index (κ1) is 14.2. The molecule has 2 aromatic rings. The lowest BCUT2D eigenvalue weighted by atomic mass is 10.2. The smallest absolute Gasteiger partial charge is 0.123 e. The third kappa shape index (κ3) is 3.63. The van der Waals surface area contributed by atoms with E-state index < -0.39 is 0 Å². The zero-order valence-corrected chi connectivity index (χ0v) is 12.1. The Hall–Kier alpha value is -1.22. The third-order valence-corrected chi connectivity index (χ3v) is 3.58. The molecule has 0 spiro atoms. The molecule has 1 N–H and O–H groups in total. The maximum atomic E-state index is 6.12. The van der Waals surface area contributed by atoms with E-state index in [1.165, 1.54) is 0 Å². The van der Waals surface area contributed by atoms with E-state index in [1.807, 2.05) is 42.5 Å². The summed E-state index contributed by atoms with van der Waals surface area (Å²) in [5.41, 5.74) is 2.02. The summed E-state index contributed by atoms with van der Waals surface area (Å²) >= 11 is 12.2. The van der Waals surface area contributed by atoms with Gasteiger partial charge in [0.1, 0.15) is 5.75 Å². The summed E-state index contributed by atoms with van der Waals surface area (Å²) in [4.78, 5) is 0. The van der Waals surface area contributed by atoms with Gasteiger partial charge in [0.2, 0.25) is 0 Å². The van der Waals surface area contributed by atoms with E-state index in [0.717, 1.165) is 16.9 Å². The Kier molecular flexibility index (Phi) is 5.08. The highest BCUT2D eigenvalue weighted by Crippen LogP contribution is 2.24. The van der Waals surface area contributed by atoms with Crippen LogP contribution >= 0.6 is 23.2 Å². The van der Waals surface area contributed by atoms with E-state index in [4.69, 9.17) is 27.9 Å². The van der Waals surface area contributed by atoms with Crippen LogP contribution in [0.4, 0.5) is 0 Å². The van der Waals surface area contributed by atoms with Crippen molar-refractivity contribution in [2.45, 2.75) is 13.1 Å². The number of halogens is 2. The topological polar surface area (TPSA) is 21.3 Å². The number of hydrogen-bond donors (Lipinski definition) is 1. The Morgan fingerprint density at radius 3 is 2.32 bits per heavy atom. The van der Waals surface area contributed by atoms with Crippen LogP contribution in [0.1, 0.15) is 11.1 Å². The van der Waals surface area contributed by atoms with Gasteiger partial charge in [-0.3, -0.25) is 0 Å². The zero-order chi connectivity index (χ0) is 13.7. The molecule has 0 heterocycles. The monoisotopic (exact) mass is 295 g/mol. The molecule has 0 aliphatic carbocycles. The molecule has 100 valence electrons. The molecular formula is C15H15Cl2NO. The number of benzene rings is 2. The maximum Gasteiger partial charge on any atom is 0.123 e. The highest BCUT2D eigenvalue weighted by molar-refractivity contribution is 6.35. The summed E-state index contributed by atoms with van der Waals surface area (Å²) in [5, 5.41) is 4.69. The molecule has 4 heteroatoms. The van der Waals surface area contributed by atoms with Crippen LogP contribution in [-0.4, -0.2) is 7.11 Å². The summed E-state index contributed by atoms with van der Waals surface area (Å²) in [6.45, 7) is 1.32. The van der Waals surface area contributed by atoms with Crippen molar-refractivity contribution < 1.29 is 4.74 Å². The van der Waals surface area contributed by atoms with Crippen LogP contribution in [0, 0.1) is 0 Å². The Morgan fingerprint density at radius 1 is 0.947 bits per heavy atom. The Balaban J connectivity index is 2.00.